The summed E-state index contributed by atoms with van der Waals surface area (Å²) in [5.41, 5.74) is 1.83. The van der Waals surface area contributed by atoms with Gasteiger partial charge in [0.2, 0.25) is 0 Å². The van der Waals surface area contributed by atoms with Crippen LogP contribution in [-0.2, 0) is 4.74 Å². The van der Waals surface area contributed by atoms with Gasteiger partial charge in [0.15, 0.2) is 0 Å². The van der Waals surface area contributed by atoms with Gasteiger partial charge in [-0.25, -0.2) is 4.79 Å². The number of hydrogen-bond acceptors (Lipinski definition) is 5. The van der Waals surface area contributed by atoms with Gasteiger partial charge in [0, 0.05) is 50.7 Å². The van der Waals surface area contributed by atoms with Crippen LogP contribution in [0.3, 0.4) is 0 Å². The van der Waals surface area contributed by atoms with Crippen molar-refractivity contribution in [2.75, 3.05) is 26.2 Å². The number of rotatable bonds is 4. The largest absolute Gasteiger partial charge is 0.490 e. The number of carbonyl (C=O) groups is 2. The lowest BCUT2D eigenvalue weighted by Gasteiger charge is -2.34. The molecule has 0 aromatic heterocycles. The highest BCUT2D eigenvalue weighted by molar-refractivity contribution is 6.31. The van der Waals surface area contributed by atoms with Crippen molar-refractivity contribution >= 4 is 23.6 Å². The summed E-state index contributed by atoms with van der Waals surface area (Å²) in [6.07, 6.45) is 2.98. The van der Waals surface area contributed by atoms with Gasteiger partial charge in [-0.15, -0.1) is 0 Å². The molecule has 0 atom stereocenters. The summed E-state index contributed by atoms with van der Waals surface area (Å²) in [7, 11) is 0. The lowest BCUT2D eigenvalue weighted by Crippen LogP contribution is -2.42. The average Bonchev–Trinajstić information content (AvgIpc) is 2.88. The summed E-state index contributed by atoms with van der Waals surface area (Å²) < 4.78 is 11.5. The maximum Gasteiger partial charge on any atom is 0.410 e. The number of amides is 2. The molecule has 8 heteroatoms. The second kappa shape index (κ2) is 11.4. The lowest BCUT2D eigenvalue weighted by atomic mass is 9.89. The molecule has 37 heavy (non-hydrogen) atoms. The molecular formula is C29H34ClN3O4. The third-order valence-electron chi connectivity index (χ3n) is 6.87. The fraction of sp³-hybridized carbons (Fsp3) is 0.483. The molecule has 4 rings (SSSR count). The van der Waals surface area contributed by atoms with Crippen LogP contribution in [0.5, 0.6) is 5.75 Å². The Hall–Kier alpha value is -3.24. The van der Waals surface area contributed by atoms with Gasteiger partial charge in [-0.1, -0.05) is 23.7 Å². The molecule has 0 N–H and O–H groups in total. The number of halogens is 1. The maximum absolute atomic E-state index is 13.1. The summed E-state index contributed by atoms with van der Waals surface area (Å²) >= 11 is 6.10. The van der Waals surface area contributed by atoms with E-state index < -0.39 is 5.60 Å². The van der Waals surface area contributed by atoms with Crippen LogP contribution >= 0.6 is 11.6 Å². The van der Waals surface area contributed by atoms with Gasteiger partial charge in [-0.3, -0.25) is 4.79 Å². The minimum Gasteiger partial charge on any atom is -0.490 e. The van der Waals surface area contributed by atoms with E-state index in [0.717, 1.165) is 25.7 Å². The van der Waals surface area contributed by atoms with Crippen LogP contribution in [0, 0.1) is 11.3 Å². The Kier molecular flexibility index (Phi) is 8.29. The van der Waals surface area contributed by atoms with Crippen molar-refractivity contribution < 1.29 is 19.1 Å². The summed E-state index contributed by atoms with van der Waals surface area (Å²) in [4.78, 5) is 29.0. The minimum absolute atomic E-state index is 0.00183. The molecule has 0 radical (unpaired) electrons. The van der Waals surface area contributed by atoms with Crippen molar-refractivity contribution in [2.24, 2.45) is 0 Å². The van der Waals surface area contributed by atoms with Gasteiger partial charge >= 0.3 is 6.09 Å². The summed E-state index contributed by atoms with van der Waals surface area (Å²) in [6.45, 7) is 8.23. The molecule has 2 aromatic rings. The second-order valence-electron chi connectivity index (χ2n) is 10.7. The van der Waals surface area contributed by atoms with Crippen LogP contribution in [-0.4, -0.2) is 59.7 Å². The van der Waals surface area contributed by atoms with Crippen LogP contribution in [0.4, 0.5) is 4.79 Å². The SMILES string of the molecule is CC(C)(C)OC(=O)N1CCC(c2ccc(C(=O)N3CCC(Oc4ccc(C#N)c(Cl)c4)CC3)cc2)CC1. The first kappa shape index (κ1) is 26.8. The fourth-order valence-corrected chi connectivity index (χ4v) is 5.04. The third-order valence-corrected chi connectivity index (χ3v) is 7.18. The van der Waals surface area contributed by atoms with Crippen molar-refractivity contribution in [3.05, 3.63) is 64.2 Å². The zero-order valence-corrected chi connectivity index (χ0v) is 22.5. The molecule has 2 aliphatic rings. The topological polar surface area (TPSA) is 82.9 Å². The monoisotopic (exact) mass is 523 g/mol. The number of hydrogen-bond donors (Lipinski definition) is 0. The van der Waals surface area contributed by atoms with Gasteiger partial charge in [0.1, 0.15) is 23.5 Å². The van der Waals surface area contributed by atoms with E-state index in [1.165, 1.54) is 5.56 Å². The van der Waals surface area contributed by atoms with Crippen LogP contribution < -0.4 is 4.74 Å². The Morgan fingerprint density at radius 2 is 1.57 bits per heavy atom. The van der Waals surface area contributed by atoms with E-state index in [1.54, 1.807) is 23.1 Å². The van der Waals surface area contributed by atoms with Crippen LogP contribution in [0.1, 0.15) is 73.9 Å². The van der Waals surface area contributed by atoms with Gasteiger partial charge in [0.05, 0.1) is 10.6 Å². The normalized spacial score (nSPS) is 17.3. The maximum atomic E-state index is 13.1. The highest BCUT2D eigenvalue weighted by atomic mass is 35.5. The average molecular weight is 524 g/mol. The Morgan fingerprint density at radius 3 is 2.14 bits per heavy atom. The minimum atomic E-state index is -0.488. The molecule has 0 spiro atoms. The quantitative estimate of drug-likeness (QED) is 0.490. The molecule has 2 saturated heterocycles. The van der Waals surface area contributed by atoms with Crippen LogP contribution in [0.25, 0.3) is 0 Å². The second-order valence-corrected chi connectivity index (χ2v) is 11.1. The van der Waals surface area contributed by atoms with E-state index in [4.69, 9.17) is 26.3 Å². The molecule has 0 bridgehead atoms. The van der Waals surface area contributed by atoms with Gasteiger partial charge < -0.3 is 19.3 Å². The number of likely N-dealkylation sites (tertiary alicyclic amines) is 2. The molecule has 0 aliphatic carbocycles. The van der Waals surface area contributed by atoms with Gasteiger partial charge in [-0.05, 0) is 69.4 Å². The number of piperidine rings is 2. The highest BCUT2D eigenvalue weighted by Crippen LogP contribution is 2.30. The predicted octanol–water partition coefficient (Wildman–Crippen LogP) is 6.01. The summed E-state index contributed by atoms with van der Waals surface area (Å²) in [5.74, 6) is 1.04. The van der Waals surface area contributed by atoms with E-state index in [9.17, 15) is 9.59 Å². The molecule has 2 amide bonds. The Bertz CT molecular complexity index is 1150. The lowest BCUT2D eigenvalue weighted by molar-refractivity contribution is 0.0204. The molecule has 0 saturated carbocycles. The third kappa shape index (κ3) is 6.95. The Balaban J connectivity index is 1.25. The molecule has 7 nitrogen and oxygen atoms in total. The summed E-state index contributed by atoms with van der Waals surface area (Å²) in [6, 6.07) is 15.0. The molecule has 196 valence electrons. The van der Waals surface area contributed by atoms with E-state index in [2.05, 4.69) is 0 Å². The van der Waals surface area contributed by atoms with E-state index in [1.807, 2.05) is 56.0 Å². The number of nitrogens with zero attached hydrogens (tertiary/aromatic N) is 3. The molecule has 2 heterocycles. The van der Waals surface area contributed by atoms with E-state index >= 15 is 0 Å². The first-order chi connectivity index (χ1) is 17.6. The van der Waals surface area contributed by atoms with Crippen molar-refractivity contribution in [3.63, 3.8) is 0 Å². The fourth-order valence-electron chi connectivity index (χ4n) is 4.83. The first-order valence-corrected chi connectivity index (χ1v) is 13.2. The Morgan fingerprint density at radius 1 is 0.946 bits per heavy atom. The van der Waals surface area contributed by atoms with Crippen LogP contribution in [0.2, 0.25) is 5.02 Å². The van der Waals surface area contributed by atoms with Crippen molar-refractivity contribution in [1.82, 2.24) is 9.80 Å². The molecule has 2 fully saturated rings. The molecule has 0 unspecified atom stereocenters. The smallest absolute Gasteiger partial charge is 0.410 e. The number of nitriles is 1. The molecule has 2 aromatic carbocycles. The first-order valence-electron chi connectivity index (χ1n) is 12.9. The van der Waals surface area contributed by atoms with Gasteiger partial charge in [-0.2, -0.15) is 5.26 Å². The van der Waals surface area contributed by atoms with Crippen molar-refractivity contribution in [1.29, 1.82) is 5.26 Å². The Labute approximate surface area is 223 Å². The van der Waals surface area contributed by atoms with E-state index in [-0.39, 0.29) is 18.1 Å². The number of carbonyl (C=O) groups excluding carboxylic acids is 2. The van der Waals surface area contributed by atoms with E-state index in [0.29, 0.717) is 54.0 Å². The molecule has 2 aliphatic heterocycles. The number of ether oxygens (including phenoxy) is 2. The van der Waals surface area contributed by atoms with Crippen LogP contribution in [0.15, 0.2) is 42.5 Å². The number of benzene rings is 2. The standard InChI is InChI=1S/C29H34ClN3O4/c1-29(2,3)37-28(35)33-14-10-21(11-15-33)20-4-6-22(7-5-20)27(34)32-16-12-24(13-17-32)36-25-9-8-23(19-31)26(30)18-25/h4-9,18,21,24H,10-17H2,1-3H3. The van der Waals surface area contributed by atoms with Crippen molar-refractivity contribution in [3.8, 4) is 11.8 Å². The zero-order valence-electron chi connectivity index (χ0n) is 21.7. The predicted molar refractivity (Wildman–Crippen MR) is 142 cm³/mol. The van der Waals surface area contributed by atoms with Crippen molar-refractivity contribution in [2.45, 2.75) is 64.1 Å². The zero-order chi connectivity index (χ0) is 26.6. The van der Waals surface area contributed by atoms with Gasteiger partial charge in [0.25, 0.3) is 5.91 Å². The molecular weight excluding hydrogens is 490 g/mol. The summed E-state index contributed by atoms with van der Waals surface area (Å²) in [5, 5.41) is 9.40. The highest BCUT2D eigenvalue weighted by Gasteiger charge is 2.28.